The summed E-state index contributed by atoms with van der Waals surface area (Å²) in [5.74, 6) is 0.811. The summed E-state index contributed by atoms with van der Waals surface area (Å²) in [4.78, 5) is 19.0. The molecule has 0 unspecified atom stereocenters. The molecule has 3 heterocycles. The predicted molar refractivity (Wildman–Crippen MR) is 108 cm³/mol. The second-order valence-electron chi connectivity index (χ2n) is 6.99. The number of aromatic nitrogens is 1. The van der Waals surface area contributed by atoms with Gasteiger partial charge in [0.15, 0.2) is 0 Å². The molecule has 0 aliphatic carbocycles. The highest BCUT2D eigenvalue weighted by Crippen LogP contribution is 2.37. The van der Waals surface area contributed by atoms with Crippen LogP contribution >= 0.6 is 11.6 Å². The number of nitrogens with one attached hydrogen (secondary N) is 1. The summed E-state index contributed by atoms with van der Waals surface area (Å²) in [5.41, 5.74) is 4.41. The van der Waals surface area contributed by atoms with Gasteiger partial charge < -0.3 is 14.6 Å². The van der Waals surface area contributed by atoms with E-state index in [0.29, 0.717) is 11.6 Å². The van der Waals surface area contributed by atoms with Crippen molar-refractivity contribution in [2.45, 2.75) is 13.1 Å². The van der Waals surface area contributed by atoms with E-state index in [9.17, 15) is 4.79 Å². The lowest BCUT2D eigenvalue weighted by Gasteiger charge is -2.28. The van der Waals surface area contributed by atoms with E-state index in [1.165, 1.54) is 0 Å². The molecule has 6 nitrogen and oxygen atoms in total. The number of piperazine rings is 1. The van der Waals surface area contributed by atoms with Crippen molar-refractivity contribution in [3.63, 3.8) is 0 Å². The molecular formula is C20H23ClN4O2. The van der Waals surface area contributed by atoms with Gasteiger partial charge in [0, 0.05) is 85.0 Å². The van der Waals surface area contributed by atoms with E-state index in [0.717, 1.165) is 66.3 Å². The Labute approximate surface area is 163 Å². The number of methoxy groups -OCH3 is 1. The Morgan fingerprint density at radius 1 is 1.26 bits per heavy atom. The molecule has 0 radical (unpaired) electrons. The maximum absolute atomic E-state index is 12.3. The zero-order valence-electron chi connectivity index (χ0n) is 15.6. The maximum atomic E-state index is 12.3. The largest absolute Gasteiger partial charge is 0.496 e. The van der Waals surface area contributed by atoms with Gasteiger partial charge in [-0.2, -0.15) is 0 Å². The Balaban J connectivity index is 1.77. The third-order valence-electron chi connectivity index (χ3n) is 5.25. The third kappa shape index (κ3) is 3.40. The molecule has 0 bridgehead atoms. The number of hydrogen-bond donors (Lipinski definition) is 1. The van der Waals surface area contributed by atoms with Crippen LogP contribution in [0.3, 0.4) is 0 Å². The SMILES string of the molecule is COc1cc(-c2cn(C)c(=O)c3c2C=NC3)c(Cl)cc1CN1CCNCC1. The zero-order chi connectivity index (χ0) is 19.0. The normalized spacial score (nSPS) is 16.6. The molecule has 1 N–H and O–H groups in total. The standard InChI is InChI=1S/C20H23ClN4O2/c1-24-12-17(15-9-23-10-16(15)20(24)26)14-8-19(27-2)13(7-18(14)21)11-25-5-3-22-4-6-25/h7-9,12,22H,3-6,10-11H2,1-2H3. The second-order valence-corrected chi connectivity index (χ2v) is 7.40. The van der Waals surface area contributed by atoms with Gasteiger partial charge in [0.05, 0.1) is 13.7 Å². The Morgan fingerprint density at radius 2 is 2.04 bits per heavy atom. The third-order valence-corrected chi connectivity index (χ3v) is 5.56. The van der Waals surface area contributed by atoms with E-state index in [1.54, 1.807) is 24.9 Å². The molecule has 1 aromatic carbocycles. The van der Waals surface area contributed by atoms with Crippen LogP contribution in [0.4, 0.5) is 0 Å². The van der Waals surface area contributed by atoms with Crippen LogP contribution in [0.1, 0.15) is 16.7 Å². The lowest BCUT2D eigenvalue weighted by Crippen LogP contribution is -2.42. The number of benzene rings is 1. The minimum Gasteiger partial charge on any atom is -0.496 e. The monoisotopic (exact) mass is 386 g/mol. The summed E-state index contributed by atoms with van der Waals surface area (Å²) in [6.45, 7) is 5.24. The fourth-order valence-corrected chi connectivity index (χ4v) is 4.07. The molecule has 2 aromatic rings. The van der Waals surface area contributed by atoms with E-state index in [2.05, 4.69) is 15.2 Å². The van der Waals surface area contributed by atoms with Gasteiger partial charge in [-0.05, 0) is 12.1 Å². The van der Waals surface area contributed by atoms with Gasteiger partial charge in [-0.15, -0.1) is 0 Å². The molecule has 4 rings (SSSR count). The van der Waals surface area contributed by atoms with Crippen molar-refractivity contribution in [3.8, 4) is 16.9 Å². The zero-order valence-corrected chi connectivity index (χ0v) is 16.3. The first-order valence-corrected chi connectivity index (χ1v) is 9.48. The molecule has 7 heteroatoms. The van der Waals surface area contributed by atoms with Gasteiger partial charge in [0.1, 0.15) is 5.75 Å². The molecule has 0 amide bonds. The summed E-state index contributed by atoms with van der Waals surface area (Å²) >= 11 is 6.69. The minimum atomic E-state index is -0.00957. The Hall–Kier alpha value is -2.15. The van der Waals surface area contributed by atoms with Crippen molar-refractivity contribution < 1.29 is 4.74 Å². The van der Waals surface area contributed by atoms with Crippen molar-refractivity contribution in [2.24, 2.45) is 12.0 Å². The first kappa shape index (κ1) is 18.2. The lowest BCUT2D eigenvalue weighted by molar-refractivity contribution is 0.230. The first-order valence-electron chi connectivity index (χ1n) is 9.10. The Bertz CT molecular complexity index is 961. The Kier molecular flexibility index (Phi) is 5.04. The van der Waals surface area contributed by atoms with Gasteiger partial charge >= 0.3 is 0 Å². The highest BCUT2D eigenvalue weighted by molar-refractivity contribution is 6.33. The average Bonchev–Trinajstić information content (AvgIpc) is 3.16. The summed E-state index contributed by atoms with van der Waals surface area (Å²) < 4.78 is 7.27. The maximum Gasteiger partial charge on any atom is 0.256 e. The molecule has 142 valence electrons. The second kappa shape index (κ2) is 7.46. The van der Waals surface area contributed by atoms with Crippen LogP contribution in [0.25, 0.3) is 11.1 Å². The quantitative estimate of drug-likeness (QED) is 0.873. The molecule has 0 spiro atoms. The summed E-state index contributed by atoms with van der Waals surface area (Å²) in [6, 6.07) is 3.97. The fourth-order valence-electron chi connectivity index (χ4n) is 3.78. The molecular weight excluding hydrogens is 364 g/mol. The van der Waals surface area contributed by atoms with E-state index < -0.39 is 0 Å². The number of aryl methyl sites for hydroxylation is 1. The molecule has 2 aliphatic heterocycles. The van der Waals surface area contributed by atoms with Crippen molar-refractivity contribution in [2.75, 3.05) is 33.3 Å². The molecule has 1 fully saturated rings. The van der Waals surface area contributed by atoms with Gasteiger partial charge in [0.25, 0.3) is 5.56 Å². The van der Waals surface area contributed by atoms with Gasteiger partial charge in [0.2, 0.25) is 0 Å². The summed E-state index contributed by atoms with van der Waals surface area (Å²) in [7, 11) is 3.44. The lowest BCUT2D eigenvalue weighted by atomic mass is 9.97. The molecule has 1 saturated heterocycles. The van der Waals surface area contributed by atoms with Crippen LogP contribution in [-0.4, -0.2) is 49.0 Å². The van der Waals surface area contributed by atoms with Crippen LogP contribution in [0.5, 0.6) is 5.75 Å². The number of aliphatic imine (C=N–C) groups is 1. The highest BCUT2D eigenvalue weighted by atomic mass is 35.5. The predicted octanol–water partition coefficient (Wildman–Crippen LogP) is 2.05. The molecule has 0 atom stereocenters. The number of fused-ring (bicyclic) bond motifs is 1. The molecule has 27 heavy (non-hydrogen) atoms. The number of nitrogens with zero attached hydrogens (tertiary/aromatic N) is 3. The van der Waals surface area contributed by atoms with Gasteiger partial charge in [-0.25, -0.2) is 0 Å². The number of ether oxygens (including phenoxy) is 1. The van der Waals surface area contributed by atoms with Crippen molar-refractivity contribution in [3.05, 3.63) is 50.4 Å². The molecule has 1 aromatic heterocycles. The van der Waals surface area contributed by atoms with E-state index in [1.807, 2.05) is 18.3 Å². The first-order chi connectivity index (χ1) is 13.1. The topological polar surface area (TPSA) is 58.9 Å². The summed E-state index contributed by atoms with van der Waals surface area (Å²) in [5, 5.41) is 4.02. The number of hydrogen-bond acceptors (Lipinski definition) is 5. The number of rotatable bonds is 4. The van der Waals surface area contributed by atoms with Gasteiger partial charge in [-0.1, -0.05) is 11.6 Å². The number of pyridine rings is 1. The van der Waals surface area contributed by atoms with Crippen LogP contribution < -0.4 is 15.6 Å². The van der Waals surface area contributed by atoms with Crippen molar-refractivity contribution in [1.82, 2.24) is 14.8 Å². The molecule has 2 aliphatic rings. The molecule has 0 saturated carbocycles. The van der Waals surface area contributed by atoms with E-state index in [4.69, 9.17) is 16.3 Å². The van der Waals surface area contributed by atoms with E-state index in [-0.39, 0.29) is 5.56 Å². The minimum absolute atomic E-state index is 0.00957. The van der Waals surface area contributed by atoms with Crippen molar-refractivity contribution in [1.29, 1.82) is 0 Å². The smallest absolute Gasteiger partial charge is 0.256 e. The van der Waals surface area contributed by atoms with Crippen LogP contribution in [0, 0.1) is 0 Å². The van der Waals surface area contributed by atoms with Gasteiger partial charge in [-0.3, -0.25) is 14.7 Å². The average molecular weight is 387 g/mol. The van der Waals surface area contributed by atoms with Crippen LogP contribution in [-0.2, 0) is 20.1 Å². The highest BCUT2D eigenvalue weighted by Gasteiger charge is 2.21. The fraction of sp³-hybridized carbons (Fsp3) is 0.400. The van der Waals surface area contributed by atoms with Crippen LogP contribution in [0.2, 0.25) is 5.02 Å². The number of halogens is 1. The summed E-state index contributed by atoms with van der Waals surface area (Å²) in [6.07, 6.45) is 3.60. The van der Waals surface area contributed by atoms with E-state index >= 15 is 0 Å². The van der Waals surface area contributed by atoms with Crippen LogP contribution in [0.15, 0.2) is 28.1 Å². The van der Waals surface area contributed by atoms with Crippen molar-refractivity contribution >= 4 is 17.8 Å². The Morgan fingerprint density at radius 3 is 2.78 bits per heavy atom.